The highest BCUT2D eigenvalue weighted by Gasteiger charge is 2.23. The molecule has 1 aromatic carbocycles. The Kier molecular flexibility index (Phi) is 6.49. The Labute approximate surface area is 150 Å². The summed E-state index contributed by atoms with van der Waals surface area (Å²) in [5, 5.41) is 21.9. The smallest absolute Gasteiger partial charge is 0.240 e. The molecule has 8 heteroatoms. The first-order valence-electron chi connectivity index (χ1n) is 7.81. The summed E-state index contributed by atoms with van der Waals surface area (Å²) in [6.45, 7) is 1.83. The molecule has 1 unspecified atom stereocenters. The van der Waals surface area contributed by atoms with Crippen molar-refractivity contribution in [2.24, 2.45) is 5.73 Å². The number of carbonyl (C=O) groups is 2. The molecule has 0 radical (unpaired) electrons. The highest BCUT2D eigenvalue weighted by Crippen LogP contribution is 2.37. The van der Waals surface area contributed by atoms with Crippen LogP contribution in [-0.2, 0) is 16.1 Å². The Morgan fingerprint density at radius 2 is 2.24 bits per heavy atom. The van der Waals surface area contributed by atoms with E-state index in [1.807, 2.05) is 12.3 Å². The lowest BCUT2D eigenvalue weighted by Gasteiger charge is -2.28. The van der Waals surface area contributed by atoms with Gasteiger partial charge in [-0.3, -0.25) is 14.8 Å². The number of hydroxylamine groups is 2. The van der Waals surface area contributed by atoms with Gasteiger partial charge in [-0.15, -0.1) is 0 Å². The van der Waals surface area contributed by atoms with Gasteiger partial charge in [0.1, 0.15) is 11.8 Å². The van der Waals surface area contributed by atoms with E-state index < -0.39 is 11.9 Å². The predicted molar refractivity (Wildman–Crippen MR) is 95.9 cm³/mol. The lowest BCUT2D eigenvalue weighted by Crippen LogP contribution is -2.39. The van der Waals surface area contributed by atoms with Gasteiger partial charge in [0, 0.05) is 22.9 Å². The van der Waals surface area contributed by atoms with E-state index in [-0.39, 0.29) is 18.7 Å². The molecule has 4 N–H and O–H groups in total. The second-order valence-electron chi connectivity index (χ2n) is 5.56. The molecule has 2 amide bonds. The van der Waals surface area contributed by atoms with Gasteiger partial charge in [-0.2, -0.15) is 0 Å². The van der Waals surface area contributed by atoms with E-state index in [0.717, 1.165) is 11.3 Å². The molecule has 1 atom stereocenters. The van der Waals surface area contributed by atoms with Crippen LogP contribution in [0, 0.1) is 0 Å². The molecule has 0 saturated heterocycles. The molecule has 0 saturated carbocycles. The predicted octanol–water partition coefficient (Wildman–Crippen LogP) is 2.21. The molecule has 1 aliphatic heterocycles. The third kappa shape index (κ3) is 4.55. The number of nitrogens with two attached hydrogens (primary N) is 1. The molecule has 0 bridgehead atoms. The number of hydrogen-bond donors (Lipinski definition) is 3. The van der Waals surface area contributed by atoms with E-state index in [9.17, 15) is 19.9 Å². The lowest BCUT2D eigenvalue weighted by molar-refractivity contribution is -0.152. The van der Waals surface area contributed by atoms with Gasteiger partial charge in [0.2, 0.25) is 12.3 Å². The Morgan fingerprint density at radius 3 is 2.88 bits per heavy atom. The van der Waals surface area contributed by atoms with Crippen LogP contribution in [0.3, 0.4) is 0 Å². The van der Waals surface area contributed by atoms with E-state index in [2.05, 4.69) is 0 Å². The third-order valence-corrected chi connectivity index (χ3v) is 4.64. The van der Waals surface area contributed by atoms with Gasteiger partial charge in [0.05, 0.1) is 6.54 Å². The number of rotatable bonds is 8. The first kappa shape index (κ1) is 18.9. The van der Waals surface area contributed by atoms with Crippen molar-refractivity contribution in [2.45, 2.75) is 32.4 Å². The maximum Gasteiger partial charge on any atom is 0.240 e. The number of aromatic hydroxyl groups is 1. The Morgan fingerprint density at radius 1 is 1.48 bits per heavy atom. The number of nitrogens with zero attached hydrogens (tertiary/aromatic N) is 2. The average Bonchev–Trinajstić information content (AvgIpc) is 2.61. The van der Waals surface area contributed by atoms with Crippen LogP contribution in [0.25, 0.3) is 4.91 Å². The molecule has 1 aromatic rings. The highest BCUT2D eigenvalue weighted by atomic mass is 32.2. The van der Waals surface area contributed by atoms with E-state index in [1.165, 1.54) is 17.8 Å². The van der Waals surface area contributed by atoms with Gasteiger partial charge in [-0.1, -0.05) is 37.2 Å². The van der Waals surface area contributed by atoms with Crippen molar-refractivity contribution in [2.75, 3.05) is 0 Å². The van der Waals surface area contributed by atoms with Gasteiger partial charge >= 0.3 is 0 Å². The SMILES string of the molecule is CCCC(C(N)=O)N1C=CSC(c2cccc(O)c2CN(O)C=O)=C1. The fourth-order valence-electron chi connectivity index (χ4n) is 2.59. The fourth-order valence-corrected chi connectivity index (χ4v) is 3.44. The second kappa shape index (κ2) is 8.59. The van der Waals surface area contributed by atoms with Crippen LogP contribution < -0.4 is 5.73 Å². The van der Waals surface area contributed by atoms with Crippen molar-refractivity contribution >= 4 is 29.0 Å². The Bertz CT molecular complexity index is 705. The number of hydrogen-bond acceptors (Lipinski definition) is 6. The van der Waals surface area contributed by atoms with Crippen LogP contribution in [0.2, 0.25) is 0 Å². The molecule has 25 heavy (non-hydrogen) atoms. The molecule has 134 valence electrons. The lowest BCUT2D eigenvalue weighted by atomic mass is 10.1. The number of carbonyl (C=O) groups excluding carboxylic acids is 2. The number of phenolic OH excluding ortho intramolecular Hbond substituents is 1. The van der Waals surface area contributed by atoms with Crippen LogP contribution in [0.15, 0.2) is 36.0 Å². The molecule has 0 aliphatic carbocycles. The molecular weight excluding hydrogens is 342 g/mol. The first-order chi connectivity index (χ1) is 12.0. The number of benzene rings is 1. The minimum atomic E-state index is -0.456. The van der Waals surface area contributed by atoms with Gasteiger partial charge < -0.3 is 15.7 Å². The van der Waals surface area contributed by atoms with E-state index in [4.69, 9.17) is 5.73 Å². The van der Waals surface area contributed by atoms with E-state index in [0.29, 0.717) is 22.6 Å². The normalized spacial score (nSPS) is 14.8. The maximum absolute atomic E-state index is 11.7. The summed E-state index contributed by atoms with van der Waals surface area (Å²) in [7, 11) is 0. The summed E-state index contributed by atoms with van der Waals surface area (Å²) < 4.78 is 0. The van der Waals surface area contributed by atoms with Crippen molar-refractivity contribution < 1.29 is 19.9 Å². The number of thioether (sulfide) groups is 1. The molecular formula is C17H21N3O4S. The van der Waals surface area contributed by atoms with Gasteiger partial charge in [0.15, 0.2) is 0 Å². The zero-order chi connectivity index (χ0) is 18.4. The zero-order valence-electron chi connectivity index (χ0n) is 13.8. The van der Waals surface area contributed by atoms with Crippen molar-refractivity contribution in [3.05, 3.63) is 47.1 Å². The van der Waals surface area contributed by atoms with Crippen molar-refractivity contribution in [1.29, 1.82) is 0 Å². The minimum Gasteiger partial charge on any atom is -0.508 e. The topological polar surface area (TPSA) is 107 Å². The van der Waals surface area contributed by atoms with Crippen LogP contribution in [0.4, 0.5) is 0 Å². The quantitative estimate of drug-likeness (QED) is 0.371. The Balaban J connectivity index is 2.39. The molecule has 2 rings (SSSR count). The number of primary amides is 1. The number of amides is 2. The number of phenols is 1. The van der Waals surface area contributed by atoms with Crippen molar-refractivity contribution in [1.82, 2.24) is 9.96 Å². The van der Waals surface area contributed by atoms with Crippen LogP contribution >= 0.6 is 11.8 Å². The highest BCUT2D eigenvalue weighted by molar-refractivity contribution is 8.11. The third-order valence-electron chi connectivity index (χ3n) is 3.80. The molecule has 7 nitrogen and oxygen atoms in total. The molecule has 0 aromatic heterocycles. The first-order valence-corrected chi connectivity index (χ1v) is 8.69. The Hall–Kier alpha value is -2.45. The second-order valence-corrected chi connectivity index (χ2v) is 6.50. The van der Waals surface area contributed by atoms with Crippen molar-refractivity contribution in [3.8, 4) is 5.75 Å². The van der Waals surface area contributed by atoms with Gasteiger partial charge in [0.25, 0.3) is 0 Å². The summed E-state index contributed by atoms with van der Waals surface area (Å²) in [5.74, 6) is -0.436. The summed E-state index contributed by atoms with van der Waals surface area (Å²) >= 11 is 1.41. The van der Waals surface area contributed by atoms with E-state index in [1.54, 1.807) is 29.4 Å². The summed E-state index contributed by atoms with van der Waals surface area (Å²) in [6, 6.07) is 4.49. The summed E-state index contributed by atoms with van der Waals surface area (Å²) in [6.07, 6.45) is 5.28. The van der Waals surface area contributed by atoms with Crippen LogP contribution in [0.1, 0.15) is 30.9 Å². The van der Waals surface area contributed by atoms with Gasteiger partial charge in [-0.25, -0.2) is 5.06 Å². The van der Waals surface area contributed by atoms with Crippen molar-refractivity contribution in [3.63, 3.8) is 0 Å². The monoisotopic (exact) mass is 363 g/mol. The molecule has 1 aliphatic rings. The summed E-state index contributed by atoms with van der Waals surface area (Å²) in [4.78, 5) is 25.0. The van der Waals surface area contributed by atoms with Crippen LogP contribution in [-0.4, -0.2) is 38.6 Å². The van der Waals surface area contributed by atoms with Gasteiger partial charge in [-0.05, 0) is 23.5 Å². The standard InChI is InChI=1S/C17H21N3O4S/c1-2-4-14(17(18)23)19-7-8-25-16(10-19)12-5-3-6-15(22)13(12)9-20(24)11-21/h3,5-8,10-11,14,22,24H,2,4,9H2,1H3,(H2,18,23). The molecule has 0 spiro atoms. The van der Waals surface area contributed by atoms with Crippen LogP contribution in [0.5, 0.6) is 5.75 Å². The summed E-state index contributed by atoms with van der Waals surface area (Å²) in [5.41, 5.74) is 6.59. The maximum atomic E-state index is 11.7. The van der Waals surface area contributed by atoms with E-state index >= 15 is 0 Å². The zero-order valence-corrected chi connectivity index (χ0v) is 14.6. The molecule has 0 fully saturated rings. The minimum absolute atomic E-state index is 0.0268. The largest absolute Gasteiger partial charge is 0.508 e. The molecule has 1 heterocycles. The fraction of sp³-hybridized carbons (Fsp3) is 0.294. The average molecular weight is 363 g/mol.